The summed E-state index contributed by atoms with van der Waals surface area (Å²) >= 11 is 0. The van der Waals surface area contributed by atoms with Gasteiger partial charge in [-0.15, -0.1) is 0 Å². The minimum absolute atomic E-state index is 0.0529. The molecular weight excluding hydrogens is 413 g/mol. The SMILES string of the molecule is CCC(C)OP(=O)(O)c1ccc(Cn2c(=O)c(=O)[nH]c3ccc([N+](=O)[O-])cc32)cc1. The maximum atomic E-state index is 12.4. The highest BCUT2D eigenvalue weighted by atomic mass is 31.2. The van der Waals surface area contributed by atoms with Gasteiger partial charge in [0, 0.05) is 12.1 Å². The smallest absolute Gasteiger partial charge is 0.321 e. The van der Waals surface area contributed by atoms with E-state index in [1.807, 2.05) is 6.92 Å². The minimum Gasteiger partial charge on any atom is -0.321 e. The molecule has 2 aromatic carbocycles. The molecule has 0 aliphatic rings. The fourth-order valence-corrected chi connectivity index (χ4v) is 4.16. The summed E-state index contributed by atoms with van der Waals surface area (Å²) in [4.78, 5) is 47.4. The Hall–Kier alpha value is -3.07. The van der Waals surface area contributed by atoms with Crippen LogP contribution >= 0.6 is 7.60 Å². The van der Waals surface area contributed by atoms with Crippen molar-refractivity contribution in [3.8, 4) is 0 Å². The highest BCUT2D eigenvalue weighted by molar-refractivity contribution is 7.61. The summed E-state index contributed by atoms with van der Waals surface area (Å²) in [5.74, 6) is 0. The molecule has 1 aromatic heterocycles. The van der Waals surface area contributed by atoms with Gasteiger partial charge in [0.2, 0.25) is 0 Å². The predicted octanol–water partition coefficient (Wildman–Crippen LogP) is 2.27. The van der Waals surface area contributed by atoms with E-state index in [2.05, 4.69) is 4.98 Å². The molecule has 158 valence electrons. The van der Waals surface area contributed by atoms with Crippen LogP contribution in [-0.4, -0.2) is 25.5 Å². The zero-order valence-corrected chi connectivity index (χ0v) is 17.2. The molecule has 0 saturated carbocycles. The minimum atomic E-state index is -3.99. The fraction of sp³-hybridized carbons (Fsp3) is 0.263. The highest BCUT2D eigenvalue weighted by Gasteiger charge is 2.25. The van der Waals surface area contributed by atoms with Crippen LogP contribution in [0.15, 0.2) is 52.1 Å². The number of nitro groups is 1. The highest BCUT2D eigenvalue weighted by Crippen LogP contribution is 2.42. The number of aromatic amines is 1. The molecule has 30 heavy (non-hydrogen) atoms. The lowest BCUT2D eigenvalue weighted by Gasteiger charge is -2.17. The van der Waals surface area contributed by atoms with Gasteiger partial charge in [-0.25, -0.2) is 0 Å². The molecule has 2 unspecified atom stereocenters. The third kappa shape index (κ3) is 4.40. The number of nitrogens with zero attached hydrogens (tertiary/aromatic N) is 2. The van der Waals surface area contributed by atoms with E-state index in [-0.39, 0.29) is 28.6 Å². The van der Waals surface area contributed by atoms with E-state index in [1.165, 1.54) is 42.5 Å². The van der Waals surface area contributed by atoms with Crippen molar-refractivity contribution >= 4 is 29.6 Å². The number of hydrogen-bond donors (Lipinski definition) is 2. The number of rotatable bonds is 7. The summed E-state index contributed by atoms with van der Waals surface area (Å²) in [6.07, 6.45) is 0.185. The number of benzene rings is 2. The van der Waals surface area contributed by atoms with E-state index in [0.29, 0.717) is 12.0 Å². The molecule has 3 aromatic rings. The van der Waals surface area contributed by atoms with Gasteiger partial charge in [-0.1, -0.05) is 19.1 Å². The number of nitro benzene ring substituents is 1. The summed E-state index contributed by atoms with van der Waals surface area (Å²) in [5, 5.41) is 11.2. The van der Waals surface area contributed by atoms with Gasteiger partial charge in [0.05, 0.1) is 33.9 Å². The Labute approximate surface area is 170 Å². The molecule has 3 rings (SSSR count). The van der Waals surface area contributed by atoms with E-state index >= 15 is 0 Å². The lowest BCUT2D eigenvalue weighted by Crippen LogP contribution is -2.36. The molecule has 0 saturated heterocycles. The maximum absolute atomic E-state index is 12.4. The summed E-state index contributed by atoms with van der Waals surface area (Å²) in [6, 6.07) is 9.72. The molecule has 0 amide bonds. The van der Waals surface area contributed by atoms with Gasteiger partial charge in [-0.3, -0.25) is 28.8 Å². The number of nitrogens with one attached hydrogen (secondary N) is 1. The second kappa shape index (κ2) is 8.35. The van der Waals surface area contributed by atoms with Crippen molar-refractivity contribution < 1.29 is 18.9 Å². The van der Waals surface area contributed by atoms with Crippen LogP contribution < -0.4 is 16.4 Å². The van der Waals surface area contributed by atoms with E-state index in [1.54, 1.807) is 6.92 Å². The molecule has 0 radical (unpaired) electrons. The maximum Gasteiger partial charge on any atom is 0.359 e. The second-order valence-electron chi connectivity index (χ2n) is 6.82. The molecule has 1 heterocycles. The Morgan fingerprint density at radius 2 is 1.90 bits per heavy atom. The molecule has 10 nitrogen and oxygen atoms in total. The largest absolute Gasteiger partial charge is 0.359 e. The summed E-state index contributed by atoms with van der Waals surface area (Å²) in [5.41, 5.74) is -0.895. The first kappa shape index (κ1) is 21.6. The number of hydrogen-bond acceptors (Lipinski definition) is 6. The van der Waals surface area contributed by atoms with E-state index in [4.69, 9.17) is 4.52 Å². The topological polar surface area (TPSA) is 145 Å². The quantitative estimate of drug-likeness (QED) is 0.252. The van der Waals surface area contributed by atoms with Crippen LogP contribution in [0, 0.1) is 10.1 Å². The molecule has 2 N–H and O–H groups in total. The van der Waals surface area contributed by atoms with Crippen molar-refractivity contribution in [2.45, 2.75) is 32.9 Å². The average Bonchev–Trinajstić information content (AvgIpc) is 2.71. The Morgan fingerprint density at radius 3 is 2.50 bits per heavy atom. The van der Waals surface area contributed by atoms with Crippen LogP contribution in [0.5, 0.6) is 0 Å². The van der Waals surface area contributed by atoms with Crippen molar-refractivity contribution in [3.63, 3.8) is 0 Å². The van der Waals surface area contributed by atoms with Crippen LogP contribution in [0.1, 0.15) is 25.8 Å². The lowest BCUT2D eigenvalue weighted by atomic mass is 10.2. The molecule has 11 heteroatoms. The third-order valence-corrected chi connectivity index (χ3v) is 6.27. The van der Waals surface area contributed by atoms with Crippen molar-refractivity contribution in [1.29, 1.82) is 0 Å². The van der Waals surface area contributed by atoms with Crippen molar-refractivity contribution in [2.24, 2.45) is 0 Å². The van der Waals surface area contributed by atoms with Gasteiger partial charge in [0.25, 0.3) is 5.69 Å². The molecule has 2 atom stereocenters. The van der Waals surface area contributed by atoms with Crippen LogP contribution in [0.4, 0.5) is 5.69 Å². The van der Waals surface area contributed by atoms with Gasteiger partial charge in [0.1, 0.15) is 0 Å². The monoisotopic (exact) mass is 433 g/mol. The van der Waals surface area contributed by atoms with E-state index in [9.17, 15) is 29.2 Å². The van der Waals surface area contributed by atoms with Gasteiger partial charge >= 0.3 is 18.7 Å². The van der Waals surface area contributed by atoms with Gasteiger partial charge in [-0.2, -0.15) is 0 Å². The first-order valence-electron chi connectivity index (χ1n) is 9.14. The van der Waals surface area contributed by atoms with Gasteiger partial charge in [-0.05, 0) is 37.1 Å². The van der Waals surface area contributed by atoms with E-state index in [0.717, 1.165) is 4.57 Å². The fourth-order valence-electron chi connectivity index (χ4n) is 2.88. The number of non-ortho nitro benzene ring substituents is 1. The van der Waals surface area contributed by atoms with Crippen molar-refractivity contribution in [3.05, 3.63) is 78.8 Å². The zero-order chi connectivity index (χ0) is 22.1. The van der Waals surface area contributed by atoms with Gasteiger partial charge in [0.15, 0.2) is 0 Å². The van der Waals surface area contributed by atoms with Crippen LogP contribution in [-0.2, 0) is 15.6 Å². The lowest BCUT2D eigenvalue weighted by molar-refractivity contribution is -0.384. The van der Waals surface area contributed by atoms with Crippen molar-refractivity contribution in [2.75, 3.05) is 0 Å². The van der Waals surface area contributed by atoms with Crippen molar-refractivity contribution in [1.82, 2.24) is 9.55 Å². The van der Waals surface area contributed by atoms with E-state index < -0.39 is 29.7 Å². The average molecular weight is 433 g/mol. The normalized spacial score (nSPS) is 14.4. The number of H-pyrrole nitrogens is 1. The summed E-state index contributed by atoms with van der Waals surface area (Å²) in [6.45, 7) is 3.48. The molecule has 0 aliphatic heterocycles. The number of fused-ring (bicyclic) bond motifs is 1. The molecule has 0 aliphatic carbocycles. The first-order valence-corrected chi connectivity index (χ1v) is 10.7. The molecule has 0 fully saturated rings. The number of aromatic nitrogens is 2. The summed E-state index contributed by atoms with van der Waals surface area (Å²) < 4.78 is 18.7. The van der Waals surface area contributed by atoms with Crippen LogP contribution in [0.2, 0.25) is 0 Å². The van der Waals surface area contributed by atoms with Crippen LogP contribution in [0.25, 0.3) is 11.0 Å². The second-order valence-corrected chi connectivity index (χ2v) is 8.58. The molecule has 0 bridgehead atoms. The van der Waals surface area contributed by atoms with Gasteiger partial charge < -0.3 is 14.4 Å². The zero-order valence-electron chi connectivity index (χ0n) is 16.3. The molecule has 0 spiro atoms. The Balaban J connectivity index is 2.00. The Morgan fingerprint density at radius 1 is 1.23 bits per heavy atom. The Kier molecular flexibility index (Phi) is 6.02. The van der Waals surface area contributed by atoms with Crippen LogP contribution in [0.3, 0.4) is 0 Å². The Bertz CT molecular complexity index is 1260. The molecular formula is C19H20N3O7P. The summed E-state index contributed by atoms with van der Waals surface area (Å²) in [7, 11) is -3.99. The standard InChI is InChI=1S/C19H20N3O7P/c1-3-12(2)29-30(27,28)15-7-4-13(5-8-15)11-21-17-10-14(22(25)26)6-9-16(17)20-18(23)19(21)24/h4-10,12H,3,11H2,1-2H3,(H,20,23)(H,27,28). The first-order chi connectivity index (χ1) is 14.1. The predicted molar refractivity (Wildman–Crippen MR) is 111 cm³/mol. The third-order valence-electron chi connectivity index (χ3n) is 4.67.